The van der Waals surface area contributed by atoms with Crippen LogP contribution in [0.4, 0.5) is 4.39 Å². The van der Waals surface area contributed by atoms with Gasteiger partial charge in [-0.2, -0.15) is 0 Å². The summed E-state index contributed by atoms with van der Waals surface area (Å²) in [6.45, 7) is 3.55. The zero-order valence-corrected chi connectivity index (χ0v) is 16.4. The molecule has 1 amide bonds. The van der Waals surface area contributed by atoms with Gasteiger partial charge in [0.15, 0.2) is 0 Å². The highest BCUT2D eigenvalue weighted by Crippen LogP contribution is 2.28. The molecular formula is C22H23FN2O4. The fourth-order valence-corrected chi connectivity index (χ4v) is 3.43. The third kappa shape index (κ3) is 4.05. The number of methoxy groups -OCH3 is 1. The molecule has 6 nitrogen and oxygen atoms in total. The maximum atomic E-state index is 14.1. The molecule has 152 valence electrons. The second kappa shape index (κ2) is 8.13. The van der Waals surface area contributed by atoms with Crippen molar-refractivity contribution in [2.75, 3.05) is 20.3 Å². The summed E-state index contributed by atoms with van der Waals surface area (Å²) in [5.74, 6) is 0.473. The maximum Gasteiger partial charge on any atom is 0.268 e. The lowest BCUT2D eigenvalue weighted by atomic mass is 10.1. The van der Waals surface area contributed by atoms with Gasteiger partial charge >= 0.3 is 0 Å². The summed E-state index contributed by atoms with van der Waals surface area (Å²) >= 11 is 0. The highest BCUT2D eigenvalue weighted by Gasteiger charge is 2.19. The molecule has 2 aromatic carbocycles. The summed E-state index contributed by atoms with van der Waals surface area (Å²) in [5.41, 5.74) is 2.46. The van der Waals surface area contributed by atoms with Gasteiger partial charge in [0.05, 0.1) is 25.8 Å². The van der Waals surface area contributed by atoms with Crippen LogP contribution in [0.1, 0.15) is 28.0 Å². The Morgan fingerprint density at radius 2 is 2.14 bits per heavy atom. The Bertz CT molecular complexity index is 1040. The molecule has 1 atom stereocenters. The van der Waals surface area contributed by atoms with E-state index in [1.54, 1.807) is 6.07 Å². The zero-order valence-electron chi connectivity index (χ0n) is 16.4. The van der Waals surface area contributed by atoms with Gasteiger partial charge < -0.3 is 24.5 Å². The molecular weight excluding hydrogens is 375 g/mol. The highest BCUT2D eigenvalue weighted by atomic mass is 19.1. The molecule has 0 spiro atoms. The predicted octanol–water partition coefficient (Wildman–Crippen LogP) is 3.72. The van der Waals surface area contributed by atoms with E-state index in [0.29, 0.717) is 24.3 Å². The van der Waals surface area contributed by atoms with Crippen LogP contribution in [-0.4, -0.2) is 37.3 Å². The Labute approximate surface area is 168 Å². The van der Waals surface area contributed by atoms with Crippen molar-refractivity contribution in [3.63, 3.8) is 0 Å². The Kier molecular flexibility index (Phi) is 5.40. The number of aromatic amines is 1. The summed E-state index contributed by atoms with van der Waals surface area (Å²) in [6, 6.07) is 10.3. The van der Waals surface area contributed by atoms with Crippen molar-refractivity contribution in [1.29, 1.82) is 0 Å². The fourth-order valence-electron chi connectivity index (χ4n) is 3.43. The van der Waals surface area contributed by atoms with Crippen LogP contribution >= 0.6 is 0 Å². The second-order valence-electron chi connectivity index (χ2n) is 7.12. The molecule has 1 saturated heterocycles. The average molecular weight is 398 g/mol. The molecule has 0 radical (unpaired) electrons. The number of halogens is 1. The normalized spacial score (nSPS) is 16.2. The second-order valence-corrected chi connectivity index (χ2v) is 7.12. The molecule has 4 rings (SSSR count). The first kappa shape index (κ1) is 19.3. The van der Waals surface area contributed by atoms with Gasteiger partial charge in [-0.25, -0.2) is 4.39 Å². The lowest BCUT2D eigenvalue weighted by molar-refractivity contribution is 0.0946. The highest BCUT2D eigenvalue weighted by molar-refractivity contribution is 5.99. The number of hydrogen-bond donors (Lipinski definition) is 2. The number of ether oxygens (including phenoxy) is 3. The van der Waals surface area contributed by atoms with Crippen LogP contribution in [0.15, 0.2) is 36.4 Å². The number of amides is 1. The lowest BCUT2D eigenvalue weighted by Crippen LogP contribution is -2.24. The number of nitrogens with one attached hydrogen (secondary N) is 2. The van der Waals surface area contributed by atoms with E-state index in [0.717, 1.165) is 23.3 Å². The van der Waals surface area contributed by atoms with Crippen molar-refractivity contribution in [1.82, 2.24) is 10.3 Å². The zero-order chi connectivity index (χ0) is 20.4. The molecule has 1 fully saturated rings. The van der Waals surface area contributed by atoms with Crippen molar-refractivity contribution < 1.29 is 23.4 Å². The van der Waals surface area contributed by atoms with Gasteiger partial charge in [-0.3, -0.25) is 4.79 Å². The number of carbonyl (C=O) groups excluding carboxylic acids is 1. The topological polar surface area (TPSA) is 72.6 Å². The first-order chi connectivity index (χ1) is 14.0. The van der Waals surface area contributed by atoms with Crippen LogP contribution in [0.2, 0.25) is 0 Å². The molecule has 7 heteroatoms. The van der Waals surface area contributed by atoms with Gasteiger partial charge in [-0.05, 0) is 36.8 Å². The van der Waals surface area contributed by atoms with Gasteiger partial charge in [0.2, 0.25) is 0 Å². The minimum atomic E-state index is -0.437. The summed E-state index contributed by atoms with van der Waals surface area (Å²) in [4.78, 5) is 15.5. The van der Waals surface area contributed by atoms with E-state index in [1.165, 1.54) is 19.2 Å². The van der Waals surface area contributed by atoms with Crippen molar-refractivity contribution >= 4 is 16.8 Å². The van der Waals surface area contributed by atoms with Crippen molar-refractivity contribution in [3.8, 4) is 11.5 Å². The number of hydrogen-bond acceptors (Lipinski definition) is 4. The molecule has 1 aliphatic rings. The van der Waals surface area contributed by atoms with Crippen LogP contribution in [0.5, 0.6) is 11.5 Å². The number of fused-ring (bicyclic) bond motifs is 1. The lowest BCUT2D eigenvalue weighted by Gasteiger charge is -2.16. The van der Waals surface area contributed by atoms with E-state index < -0.39 is 5.82 Å². The Morgan fingerprint density at radius 1 is 1.28 bits per heavy atom. The number of aryl methyl sites for hydroxylation is 1. The van der Waals surface area contributed by atoms with Crippen molar-refractivity contribution in [3.05, 3.63) is 59.0 Å². The average Bonchev–Trinajstić information content (AvgIpc) is 3.38. The fraction of sp³-hybridized carbons (Fsp3) is 0.318. The molecule has 1 aromatic heterocycles. The first-order valence-corrected chi connectivity index (χ1v) is 9.52. The maximum absolute atomic E-state index is 14.1. The third-order valence-corrected chi connectivity index (χ3v) is 5.01. The van der Waals surface area contributed by atoms with E-state index in [2.05, 4.69) is 10.3 Å². The van der Waals surface area contributed by atoms with Gasteiger partial charge in [0.25, 0.3) is 5.91 Å². The molecule has 2 N–H and O–H groups in total. The van der Waals surface area contributed by atoms with Crippen LogP contribution in [0, 0.1) is 12.7 Å². The number of rotatable bonds is 6. The Morgan fingerprint density at radius 3 is 2.90 bits per heavy atom. The molecule has 29 heavy (non-hydrogen) atoms. The van der Waals surface area contributed by atoms with Crippen molar-refractivity contribution in [2.45, 2.75) is 26.0 Å². The monoisotopic (exact) mass is 398 g/mol. The van der Waals surface area contributed by atoms with Crippen LogP contribution in [0.3, 0.4) is 0 Å². The van der Waals surface area contributed by atoms with Gasteiger partial charge in [-0.1, -0.05) is 12.1 Å². The number of carbonyl (C=O) groups is 1. The Balaban J connectivity index is 1.51. The molecule has 0 aliphatic carbocycles. The van der Waals surface area contributed by atoms with Crippen LogP contribution in [-0.2, 0) is 11.3 Å². The third-order valence-electron chi connectivity index (χ3n) is 5.01. The Hall–Kier alpha value is -3.06. The van der Waals surface area contributed by atoms with Gasteiger partial charge in [0, 0.05) is 23.9 Å². The van der Waals surface area contributed by atoms with Crippen LogP contribution < -0.4 is 14.8 Å². The molecule has 0 bridgehead atoms. The van der Waals surface area contributed by atoms with Gasteiger partial charge in [-0.15, -0.1) is 0 Å². The molecule has 0 saturated carbocycles. The summed E-state index contributed by atoms with van der Waals surface area (Å²) < 4.78 is 30.8. The smallest absolute Gasteiger partial charge is 0.268 e. The van der Waals surface area contributed by atoms with E-state index in [4.69, 9.17) is 14.2 Å². The van der Waals surface area contributed by atoms with E-state index in [-0.39, 0.29) is 29.8 Å². The van der Waals surface area contributed by atoms with E-state index in [9.17, 15) is 9.18 Å². The van der Waals surface area contributed by atoms with E-state index in [1.807, 2.05) is 25.1 Å². The minimum absolute atomic E-state index is 0.0235. The SMILES string of the molecule is COc1ccc(F)c2[nH]c(C(=O)NCc3ccc(C)cc3OC3CCOC3)cc12. The number of aromatic nitrogens is 1. The van der Waals surface area contributed by atoms with Crippen molar-refractivity contribution in [2.24, 2.45) is 0 Å². The summed E-state index contributed by atoms with van der Waals surface area (Å²) in [5, 5.41) is 3.40. The molecule has 1 unspecified atom stereocenters. The molecule has 2 heterocycles. The summed E-state index contributed by atoms with van der Waals surface area (Å²) in [6.07, 6.45) is 0.873. The van der Waals surface area contributed by atoms with E-state index >= 15 is 0 Å². The summed E-state index contributed by atoms with van der Waals surface area (Å²) in [7, 11) is 1.51. The van der Waals surface area contributed by atoms with Crippen LogP contribution in [0.25, 0.3) is 10.9 Å². The minimum Gasteiger partial charge on any atom is -0.496 e. The predicted molar refractivity (Wildman–Crippen MR) is 107 cm³/mol. The largest absolute Gasteiger partial charge is 0.496 e. The number of benzene rings is 2. The molecule has 1 aliphatic heterocycles. The number of H-pyrrole nitrogens is 1. The first-order valence-electron chi connectivity index (χ1n) is 9.52. The standard InChI is InChI=1S/C22H23FN2O4/c1-13-3-4-14(20(9-13)29-15-7-8-28-12-15)11-24-22(26)18-10-16-19(27-2)6-5-17(23)21(16)25-18/h3-6,9-10,15,25H,7-8,11-12H2,1-2H3,(H,24,26). The van der Waals surface area contributed by atoms with Gasteiger partial charge in [0.1, 0.15) is 29.1 Å². The quantitative estimate of drug-likeness (QED) is 0.664. The molecule has 3 aromatic rings.